The van der Waals surface area contributed by atoms with Gasteiger partial charge in [0.15, 0.2) is 5.16 Å². The van der Waals surface area contributed by atoms with E-state index in [0.717, 1.165) is 12.8 Å². The number of benzene rings is 2. The average molecular weight is 438 g/mol. The number of anilines is 1. The Labute approximate surface area is 182 Å². The number of imidazole rings is 1. The summed E-state index contributed by atoms with van der Waals surface area (Å²) in [7, 11) is 0. The smallest absolute Gasteiger partial charge is 0.323 e. The number of carbonyl (C=O) groups excluding carboxylic acids is 1. The quantitative estimate of drug-likeness (QED) is 0.303. The number of para-hydroxylation sites is 1. The maximum absolute atomic E-state index is 13.0. The predicted octanol–water partition coefficient (Wildman–Crippen LogP) is 3.49. The van der Waals surface area contributed by atoms with Crippen LogP contribution in [-0.4, -0.2) is 30.7 Å². The van der Waals surface area contributed by atoms with Crippen molar-refractivity contribution >= 4 is 45.3 Å². The Hall–Kier alpha value is -3.33. The van der Waals surface area contributed by atoms with Crippen molar-refractivity contribution in [1.82, 2.24) is 19.5 Å². The minimum atomic E-state index is -0.484. The molecular weight excluding hydrogens is 414 g/mol. The highest BCUT2D eigenvalue weighted by Crippen LogP contribution is 2.24. The zero-order valence-corrected chi connectivity index (χ0v) is 18.1. The minimum absolute atomic E-state index is 0.0870. The number of thioether (sulfide) groups is 1. The summed E-state index contributed by atoms with van der Waals surface area (Å²) in [5.74, 6) is -0.216. The lowest BCUT2D eigenvalue weighted by Gasteiger charge is -2.16. The molecule has 1 atom stereocenters. The van der Waals surface area contributed by atoms with E-state index in [1.54, 1.807) is 35.8 Å². The van der Waals surface area contributed by atoms with Crippen molar-refractivity contribution < 1.29 is 4.79 Å². The fraction of sp³-hybridized carbons (Fsp3) is 0.273. The van der Waals surface area contributed by atoms with Crippen LogP contribution in [0.25, 0.3) is 21.9 Å². The minimum Gasteiger partial charge on any atom is -0.325 e. The van der Waals surface area contributed by atoms with Crippen molar-refractivity contribution in [3.05, 3.63) is 63.3 Å². The molecule has 160 valence electrons. The fourth-order valence-corrected chi connectivity index (χ4v) is 4.25. The van der Waals surface area contributed by atoms with E-state index in [1.165, 1.54) is 11.8 Å². The van der Waals surface area contributed by atoms with Crippen molar-refractivity contribution in [1.29, 1.82) is 0 Å². The van der Waals surface area contributed by atoms with Crippen molar-refractivity contribution in [2.45, 2.75) is 43.6 Å². The van der Waals surface area contributed by atoms with Crippen LogP contribution in [0.1, 0.15) is 26.7 Å². The molecule has 31 heavy (non-hydrogen) atoms. The third kappa shape index (κ3) is 4.41. The highest BCUT2D eigenvalue weighted by atomic mass is 32.2. The first-order valence-electron chi connectivity index (χ1n) is 10.2. The van der Waals surface area contributed by atoms with E-state index in [9.17, 15) is 14.4 Å². The summed E-state index contributed by atoms with van der Waals surface area (Å²) in [5, 5.41) is 3.49. The summed E-state index contributed by atoms with van der Waals surface area (Å²) in [6.45, 7) is 4.40. The van der Waals surface area contributed by atoms with Gasteiger partial charge < -0.3 is 15.3 Å². The maximum atomic E-state index is 13.0. The van der Waals surface area contributed by atoms with Gasteiger partial charge in [-0.25, -0.2) is 9.78 Å². The number of carbonyl (C=O) groups is 1. The van der Waals surface area contributed by atoms with Crippen LogP contribution >= 0.6 is 11.8 Å². The zero-order valence-electron chi connectivity index (χ0n) is 17.3. The monoisotopic (exact) mass is 437 g/mol. The van der Waals surface area contributed by atoms with Crippen LogP contribution < -0.4 is 16.6 Å². The SMILES string of the molecule is CCCCn1c(SC(C)C(=O)Nc2ccc3[nH]c(=O)[nH]c3c2)nc2ccccc2c1=O. The number of rotatable bonds is 7. The van der Waals surface area contributed by atoms with E-state index in [2.05, 4.69) is 27.2 Å². The Kier molecular flexibility index (Phi) is 5.94. The second-order valence-electron chi connectivity index (χ2n) is 7.31. The molecule has 1 amide bonds. The summed E-state index contributed by atoms with van der Waals surface area (Å²) in [5.41, 5.74) is 2.11. The molecule has 0 spiro atoms. The molecule has 0 saturated heterocycles. The third-order valence-electron chi connectivity index (χ3n) is 5.00. The number of aromatic nitrogens is 4. The first-order valence-corrected chi connectivity index (χ1v) is 11.0. The van der Waals surface area contributed by atoms with Gasteiger partial charge in [-0.2, -0.15) is 0 Å². The molecule has 0 fully saturated rings. The van der Waals surface area contributed by atoms with Gasteiger partial charge in [0.1, 0.15) is 0 Å². The zero-order chi connectivity index (χ0) is 22.0. The summed E-state index contributed by atoms with van der Waals surface area (Å²) >= 11 is 1.26. The summed E-state index contributed by atoms with van der Waals surface area (Å²) in [6.07, 6.45) is 1.80. The van der Waals surface area contributed by atoms with Gasteiger partial charge in [-0.3, -0.25) is 14.2 Å². The number of hydrogen-bond acceptors (Lipinski definition) is 5. The number of hydrogen-bond donors (Lipinski definition) is 3. The van der Waals surface area contributed by atoms with Crippen LogP contribution in [-0.2, 0) is 11.3 Å². The highest BCUT2D eigenvalue weighted by Gasteiger charge is 2.19. The molecule has 4 rings (SSSR count). The van der Waals surface area contributed by atoms with Gasteiger partial charge in [-0.05, 0) is 43.7 Å². The lowest BCUT2D eigenvalue weighted by Crippen LogP contribution is -2.27. The molecule has 3 N–H and O–H groups in total. The topological polar surface area (TPSA) is 113 Å². The van der Waals surface area contributed by atoms with Crippen molar-refractivity contribution in [2.75, 3.05) is 5.32 Å². The van der Waals surface area contributed by atoms with Crippen LogP contribution in [0.4, 0.5) is 5.69 Å². The highest BCUT2D eigenvalue weighted by molar-refractivity contribution is 8.00. The standard InChI is InChI=1S/C22H23N5O3S/c1-3-4-11-27-20(29)15-7-5-6-8-16(15)26-22(27)31-13(2)19(28)23-14-9-10-17-18(12-14)25-21(30)24-17/h5-10,12-13H,3-4,11H2,1-2H3,(H,23,28)(H2,24,25,30). The third-order valence-corrected chi connectivity index (χ3v) is 6.09. The van der Waals surface area contributed by atoms with Crippen LogP contribution in [0.3, 0.4) is 0 Å². The lowest BCUT2D eigenvalue weighted by atomic mass is 10.2. The predicted molar refractivity (Wildman–Crippen MR) is 124 cm³/mol. The summed E-state index contributed by atoms with van der Waals surface area (Å²) < 4.78 is 1.66. The average Bonchev–Trinajstić information content (AvgIpc) is 3.12. The van der Waals surface area contributed by atoms with Gasteiger partial charge in [0.25, 0.3) is 5.56 Å². The van der Waals surface area contributed by atoms with Gasteiger partial charge >= 0.3 is 5.69 Å². The second kappa shape index (κ2) is 8.81. The normalized spacial score (nSPS) is 12.3. The van der Waals surface area contributed by atoms with Crippen molar-refractivity contribution in [3.8, 4) is 0 Å². The van der Waals surface area contributed by atoms with Crippen LogP contribution in [0.2, 0.25) is 0 Å². The number of H-pyrrole nitrogens is 2. The van der Waals surface area contributed by atoms with Crippen LogP contribution in [0.5, 0.6) is 0 Å². The van der Waals surface area contributed by atoms with E-state index in [1.807, 2.05) is 18.2 Å². The number of unbranched alkanes of at least 4 members (excludes halogenated alkanes) is 1. The number of nitrogens with zero attached hydrogens (tertiary/aromatic N) is 2. The van der Waals surface area contributed by atoms with Gasteiger partial charge in [-0.1, -0.05) is 37.2 Å². The van der Waals surface area contributed by atoms with E-state index in [0.29, 0.717) is 39.3 Å². The number of nitrogens with one attached hydrogen (secondary N) is 3. The molecule has 0 aliphatic carbocycles. The molecule has 2 aromatic carbocycles. The van der Waals surface area contributed by atoms with Gasteiger partial charge in [0, 0.05) is 12.2 Å². The molecule has 0 saturated carbocycles. The first kappa shape index (κ1) is 20.9. The van der Waals surface area contributed by atoms with Gasteiger partial charge in [0.05, 0.1) is 27.2 Å². The van der Waals surface area contributed by atoms with E-state index >= 15 is 0 Å². The summed E-state index contributed by atoms with van der Waals surface area (Å²) in [6, 6.07) is 12.4. The van der Waals surface area contributed by atoms with Gasteiger partial charge in [-0.15, -0.1) is 0 Å². The molecule has 0 radical (unpaired) electrons. The van der Waals surface area contributed by atoms with E-state index < -0.39 is 5.25 Å². The molecule has 0 bridgehead atoms. The Morgan fingerprint density at radius 2 is 1.94 bits per heavy atom. The molecular formula is C22H23N5O3S. The molecule has 0 aliphatic heterocycles. The Balaban J connectivity index is 1.58. The number of amides is 1. The van der Waals surface area contributed by atoms with E-state index in [4.69, 9.17) is 0 Å². The molecule has 9 heteroatoms. The van der Waals surface area contributed by atoms with Gasteiger partial charge in [0.2, 0.25) is 5.91 Å². The lowest BCUT2D eigenvalue weighted by molar-refractivity contribution is -0.115. The molecule has 0 aliphatic rings. The number of fused-ring (bicyclic) bond motifs is 2. The second-order valence-corrected chi connectivity index (χ2v) is 8.62. The van der Waals surface area contributed by atoms with E-state index in [-0.39, 0.29) is 17.2 Å². The molecule has 1 unspecified atom stereocenters. The fourth-order valence-electron chi connectivity index (χ4n) is 3.32. The molecule has 2 aromatic heterocycles. The Morgan fingerprint density at radius 3 is 2.74 bits per heavy atom. The van der Waals surface area contributed by atoms with Crippen molar-refractivity contribution in [3.63, 3.8) is 0 Å². The first-order chi connectivity index (χ1) is 15.0. The van der Waals surface area contributed by atoms with Crippen LogP contribution in [0, 0.1) is 0 Å². The molecule has 2 heterocycles. The number of aromatic amines is 2. The largest absolute Gasteiger partial charge is 0.325 e. The Morgan fingerprint density at radius 1 is 1.16 bits per heavy atom. The molecule has 8 nitrogen and oxygen atoms in total. The molecule has 4 aromatic rings. The summed E-state index contributed by atoms with van der Waals surface area (Å²) in [4.78, 5) is 47.2. The Bertz CT molecular complexity index is 1370. The van der Waals surface area contributed by atoms with Crippen molar-refractivity contribution in [2.24, 2.45) is 0 Å². The maximum Gasteiger partial charge on any atom is 0.323 e. The van der Waals surface area contributed by atoms with Crippen LogP contribution in [0.15, 0.2) is 57.2 Å².